The molecule has 0 aliphatic carbocycles. The van der Waals surface area contributed by atoms with Gasteiger partial charge in [0.2, 0.25) is 0 Å². The molecule has 20 heavy (non-hydrogen) atoms. The smallest absolute Gasteiger partial charge is 0.298 e. The van der Waals surface area contributed by atoms with Crippen LogP contribution in [0.25, 0.3) is 0 Å². The molecule has 2 N–H and O–H groups in total. The number of carbonyl (C=O) groups excluding carboxylic acids is 1. The molecule has 0 saturated carbocycles. The van der Waals surface area contributed by atoms with Crippen molar-refractivity contribution >= 4 is 11.6 Å². The fourth-order valence-electron chi connectivity index (χ4n) is 1.47. The van der Waals surface area contributed by atoms with Gasteiger partial charge in [0, 0.05) is 12.4 Å². The highest BCUT2D eigenvalue weighted by molar-refractivity contribution is 5.94. The van der Waals surface area contributed by atoms with Gasteiger partial charge in [-0.05, 0) is 30.3 Å². The van der Waals surface area contributed by atoms with Crippen LogP contribution in [0.1, 0.15) is 15.9 Å². The Labute approximate surface area is 112 Å². The SMILES string of the molecule is O=C(NNc1cccc(C(F)(F)F)c1)c1cccnc1. The molecule has 1 amide bonds. The number of benzene rings is 1. The third-order valence-electron chi connectivity index (χ3n) is 2.43. The maximum absolute atomic E-state index is 12.5. The van der Waals surface area contributed by atoms with Gasteiger partial charge in [0.05, 0.1) is 16.8 Å². The van der Waals surface area contributed by atoms with Crippen molar-refractivity contribution < 1.29 is 18.0 Å². The Morgan fingerprint density at radius 1 is 1.15 bits per heavy atom. The van der Waals surface area contributed by atoms with Crippen LogP contribution in [-0.2, 0) is 6.18 Å². The maximum Gasteiger partial charge on any atom is 0.416 e. The molecule has 0 aliphatic heterocycles. The first-order valence-corrected chi connectivity index (χ1v) is 5.60. The highest BCUT2D eigenvalue weighted by Crippen LogP contribution is 2.30. The molecule has 0 fully saturated rings. The lowest BCUT2D eigenvalue weighted by Gasteiger charge is -2.11. The van der Waals surface area contributed by atoms with E-state index in [1.807, 2.05) is 0 Å². The van der Waals surface area contributed by atoms with E-state index in [1.165, 1.54) is 30.6 Å². The number of rotatable bonds is 3. The first-order valence-electron chi connectivity index (χ1n) is 5.60. The third kappa shape index (κ3) is 3.47. The summed E-state index contributed by atoms with van der Waals surface area (Å²) in [6.45, 7) is 0. The number of anilines is 1. The van der Waals surface area contributed by atoms with Crippen LogP contribution in [0, 0.1) is 0 Å². The molecule has 1 aromatic heterocycles. The second kappa shape index (κ2) is 5.60. The van der Waals surface area contributed by atoms with Gasteiger partial charge < -0.3 is 0 Å². The van der Waals surface area contributed by atoms with Crippen molar-refractivity contribution in [3.8, 4) is 0 Å². The fourth-order valence-corrected chi connectivity index (χ4v) is 1.47. The van der Waals surface area contributed by atoms with Crippen molar-refractivity contribution in [1.82, 2.24) is 10.4 Å². The topological polar surface area (TPSA) is 54.0 Å². The number of aromatic nitrogens is 1. The Hall–Kier alpha value is -2.57. The van der Waals surface area contributed by atoms with Gasteiger partial charge in [0.15, 0.2) is 0 Å². The second-order valence-corrected chi connectivity index (χ2v) is 3.90. The van der Waals surface area contributed by atoms with Gasteiger partial charge in [-0.1, -0.05) is 6.07 Å². The minimum atomic E-state index is -4.43. The second-order valence-electron chi connectivity index (χ2n) is 3.90. The van der Waals surface area contributed by atoms with E-state index in [0.717, 1.165) is 12.1 Å². The zero-order valence-electron chi connectivity index (χ0n) is 10.1. The first-order chi connectivity index (χ1) is 9.47. The summed E-state index contributed by atoms with van der Waals surface area (Å²) in [7, 11) is 0. The lowest BCUT2D eigenvalue weighted by molar-refractivity contribution is -0.137. The lowest BCUT2D eigenvalue weighted by atomic mass is 10.2. The number of amides is 1. The summed E-state index contributed by atoms with van der Waals surface area (Å²) in [5.74, 6) is -0.490. The Balaban J connectivity index is 2.03. The van der Waals surface area contributed by atoms with Crippen LogP contribution in [0.3, 0.4) is 0 Å². The van der Waals surface area contributed by atoms with Gasteiger partial charge in [-0.2, -0.15) is 13.2 Å². The summed E-state index contributed by atoms with van der Waals surface area (Å²) >= 11 is 0. The molecule has 2 rings (SSSR count). The van der Waals surface area contributed by atoms with E-state index in [4.69, 9.17) is 0 Å². The number of alkyl halides is 3. The molecule has 0 spiro atoms. The number of hydrogen-bond acceptors (Lipinski definition) is 3. The first kappa shape index (κ1) is 13.9. The van der Waals surface area contributed by atoms with Crippen LogP contribution in [0.4, 0.5) is 18.9 Å². The monoisotopic (exact) mass is 281 g/mol. The number of pyridine rings is 1. The molecule has 0 unspecified atom stereocenters. The van der Waals surface area contributed by atoms with Gasteiger partial charge in [-0.25, -0.2) is 0 Å². The standard InChI is InChI=1S/C13H10F3N3O/c14-13(15,16)10-4-1-5-11(7-10)18-19-12(20)9-3-2-6-17-8-9/h1-8,18H,(H,19,20). The van der Waals surface area contributed by atoms with Crippen molar-refractivity contribution in [2.75, 3.05) is 5.43 Å². The Morgan fingerprint density at radius 3 is 2.60 bits per heavy atom. The van der Waals surface area contributed by atoms with Gasteiger partial charge in [-0.3, -0.25) is 20.6 Å². The van der Waals surface area contributed by atoms with E-state index >= 15 is 0 Å². The molecular weight excluding hydrogens is 271 g/mol. The van der Waals surface area contributed by atoms with Crippen LogP contribution in [0.5, 0.6) is 0 Å². The molecule has 1 aromatic carbocycles. The summed E-state index contributed by atoms with van der Waals surface area (Å²) in [6, 6.07) is 7.65. The number of carbonyl (C=O) groups is 1. The zero-order chi connectivity index (χ0) is 14.6. The Morgan fingerprint density at radius 2 is 1.95 bits per heavy atom. The number of nitrogens with one attached hydrogen (secondary N) is 2. The van der Waals surface area contributed by atoms with Crippen molar-refractivity contribution in [2.24, 2.45) is 0 Å². The summed E-state index contributed by atoms with van der Waals surface area (Å²) in [4.78, 5) is 15.4. The Kier molecular flexibility index (Phi) is 3.88. The molecule has 0 aliphatic rings. The molecule has 1 heterocycles. The summed E-state index contributed by atoms with van der Waals surface area (Å²) in [5.41, 5.74) is 4.37. The van der Waals surface area contributed by atoms with E-state index in [0.29, 0.717) is 5.56 Å². The van der Waals surface area contributed by atoms with Crippen LogP contribution >= 0.6 is 0 Å². The van der Waals surface area contributed by atoms with E-state index in [-0.39, 0.29) is 5.69 Å². The molecule has 2 aromatic rings. The molecular formula is C13H10F3N3O. The molecule has 0 radical (unpaired) electrons. The summed E-state index contributed by atoms with van der Waals surface area (Å²) < 4.78 is 37.5. The van der Waals surface area contributed by atoms with Crippen LogP contribution in [0.15, 0.2) is 48.8 Å². The largest absolute Gasteiger partial charge is 0.416 e. The van der Waals surface area contributed by atoms with Crippen molar-refractivity contribution in [3.63, 3.8) is 0 Å². The average Bonchev–Trinajstić information content (AvgIpc) is 2.45. The number of nitrogens with zero attached hydrogens (tertiary/aromatic N) is 1. The fraction of sp³-hybridized carbons (Fsp3) is 0.0769. The normalized spacial score (nSPS) is 10.9. The quantitative estimate of drug-likeness (QED) is 0.851. The average molecular weight is 281 g/mol. The van der Waals surface area contributed by atoms with E-state index in [2.05, 4.69) is 15.8 Å². The molecule has 4 nitrogen and oxygen atoms in total. The number of hydrazine groups is 1. The molecule has 0 bridgehead atoms. The van der Waals surface area contributed by atoms with Gasteiger partial charge in [0.25, 0.3) is 5.91 Å². The van der Waals surface area contributed by atoms with E-state index < -0.39 is 17.6 Å². The van der Waals surface area contributed by atoms with Gasteiger partial charge >= 0.3 is 6.18 Å². The molecule has 104 valence electrons. The van der Waals surface area contributed by atoms with E-state index in [9.17, 15) is 18.0 Å². The summed E-state index contributed by atoms with van der Waals surface area (Å²) in [5, 5.41) is 0. The minimum Gasteiger partial charge on any atom is -0.298 e. The maximum atomic E-state index is 12.5. The van der Waals surface area contributed by atoms with Crippen molar-refractivity contribution in [3.05, 3.63) is 59.9 Å². The van der Waals surface area contributed by atoms with Gasteiger partial charge in [-0.15, -0.1) is 0 Å². The molecule has 7 heteroatoms. The highest BCUT2D eigenvalue weighted by Gasteiger charge is 2.30. The van der Waals surface area contributed by atoms with Crippen LogP contribution in [0.2, 0.25) is 0 Å². The third-order valence-corrected chi connectivity index (χ3v) is 2.43. The van der Waals surface area contributed by atoms with Crippen LogP contribution < -0.4 is 10.9 Å². The highest BCUT2D eigenvalue weighted by atomic mass is 19.4. The predicted molar refractivity (Wildman–Crippen MR) is 66.8 cm³/mol. The predicted octanol–water partition coefficient (Wildman–Crippen LogP) is 2.86. The Bertz CT molecular complexity index is 599. The minimum absolute atomic E-state index is 0.136. The molecule has 0 atom stereocenters. The lowest BCUT2D eigenvalue weighted by Crippen LogP contribution is -2.29. The summed E-state index contributed by atoms with van der Waals surface area (Å²) in [6.07, 6.45) is -1.56. The van der Waals surface area contributed by atoms with Crippen molar-refractivity contribution in [1.29, 1.82) is 0 Å². The number of hydrogen-bond donors (Lipinski definition) is 2. The van der Waals surface area contributed by atoms with E-state index in [1.54, 1.807) is 6.07 Å². The van der Waals surface area contributed by atoms with Crippen molar-refractivity contribution in [2.45, 2.75) is 6.18 Å². The number of halogens is 3. The zero-order valence-corrected chi connectivity index (χ0v) is 10.1. The molecule has 0 saturated heterocycles. The van der Waals surface area contributed by atoms with Crippen LogP contribution in [-0.4, -0.2) is 10.9 Å². The van der Waals surface area contributed by atoms with Gasteiger partial charge in [0.1, 0.15) is 0 Å².